The van der Waals surface area contributed by atoms with Crippen molar-refractivity contribution in [3.63, 3.8) is 0 Å². The van der Waals surface area contributed by atoms with E-state index < -0.39 is 0 Å². The molecule has 0 amide bonds. The van der Waals surface area contributed by atoms with E-state index >= 15 is 0 Å². The molecule has 29 heavy (non-hydrogen) atoms. The third-order valence-corrected chi connectivity index (χ3v) is 5.64. The minimum absolute atomic E-state index is 0. The number of hydrogen-bond donors (Lipinski definition) is 1. The lowest BCUT2D eigenvalue weighted by molar-refractivity contribution is 0.296. The average Bonchev–Trinajstić information content (AvgIpc) is 2.97. The van der Waals surface area contributed by atoms with Crippen molar-refractivity contribution >= 4 is 43.9 Å². The van der Waals surface area contributed by atoms with Crippen LogP contribution >= 0.6 is 32.9 Å². The molecule has 150 valence electrons. The molecule has 0 aliphatic rings. The second-order valence-electron chi connectivity index (χ2n) is 6.80. The molecule has 3 aromatic carbocycles. The Kier molecular flexibility index (Phi) is 6.98. The molecule has 0 fully saturated rings. The standard InChI is InChI=1S/C23H22BrN3O.BrH/c1-17-10-12-19(13-11-17)28-15-14-26-21-8-4-5-9-22(21)27(23(26)25)16-18-6-2-3-7-20(18)24;/h2-13,25H,14-16H2,1H3;1H. The lowest BCUT2D eigenvalue weighted by Crippen LogP contribution is -2.27. The number of para-hydroxylation sites is 2. The summed E-state index contributed by atoms with van der Waals surface area (Å²) in [6.45, 7) is 3.84. The number of imidazole rings is 1. The van der Waals surface area contributed by atoms with Crippen LogP contribution in [0.4, 0.5) is 0 Å². The predicted molar refractivity (Wildman–Crippen MR) is 126 cm³/mol. The molecule has 6 heteroatoms. The summed E-state index contributed by atoms with van der Waals surface area (Å²) in [5, 5.41) is 8.76. The Morgan fingerprint density at radius 1 is 0.862 bits per heavy atom. The SMILES string of the molecule is Br.Cc1ccc(OCCn2c(=N)n(Cc3ccccc3Br)c3ccccc32)cc1. The van der Waals surface area contributed by atoms with Crippen molar-refractivity contribution in [1.29, 1.82) is 5.41 Å². The number of aromatic nitrogens is 2. The van der Waals surface area contributed by atoms with Gasteiger partial charge in [0.25, 0.3) is 0 Å². The molecule has 1 N–H and O–H groups in total. The Morgan fingerprint density at radius 3 is 2.17 bits per heavy atom. The van der Waals surface area contributed by atoms with Crippen LogP contribution in [0.3, 0.4) is 0 Å². The molecule has 0 spiro atoms. The molecule has 0 atom stereocenters. The summed E-state index contributed by atoms with van der Waals surface area (Å²) in [6.07, 6.45) is 0. The highest BCUT2D eigenvalue weighted by Gasteiger charge is 2.12. The highest BCUT2D eigenvalue weighted by molar-refractivity contribution is 9.10. The van der Waals surface area contributed by atoms with Gasteiger partial charge in [0, 0.05) is 4.47 Å². The first-order valence-electron chi connectivity index (χ1n) is 9.29. The summed E-state index contributed by atoms with van der Waals surface area (Å²) in [4.78, 5) is 0. The largest absolute Gasteiger partial charge is 0.492 e. The quantitative estimate of drug-likeness (QED) is 0.351. The van der Waals surface area contributed by atoms with E-state index in [4.69, 9.17) is 10.1 Å². The van der Waals surface area contributed by atoms with Gasteiger partial charge in [-0.15, -0.1) is 17.0 Å². The lowest BCUT2D eigenvalue weighted by atomic mass is 10.2. The number of benzene rings is 3. The Balaban J connectivity index is 0.00000240. The zero-order valence-electron chi connectivity index (χ0n) is 16.1. The highest BCUT2D eigenvalue weighted by Crippen LogP contribution is 2.20. The van der Waals surface area contributed by atoms with Crippen molar-refractivity contribution in [2.24, 2.45) is 0 Å². The smallest absolute Gasteiger partial charge is 0.203 e. The molecule has 4 nitrogen and oxygen atoms in total. The maximum Gasteiger partial charge on any atom is 0.203 e. The summed E-state index contributed by atoms with van der Waals surface area (Å²) in [7, 11) is 0. The molecular formula is C23H23Br2N3O. The first-order valence-corrected chi connectivity index (χ1v) is 10.1. The topological polar surface area (TPSA) is 42.9 Å². The molecule has 0 saturated carbocycles. The van der Waals surface area contributed by atoms with Crippen LogP contribution in [0, 0.1) is 12.3 Å². The van der Waals surface area contributed by atoms with E-state index in [1.165, 1.54) is 5.56 Å². The zero-order chi connectivity index (χ0) is 19.5. The summed E-state index contributed by atoms with van der Waals surface area (Å²) < 4.78 is 11.0. The van der Waals surface area contributed by atoms with Gasteiger partial charge in [0.1, 0.15) is 12.4 Å². The molecular weight excluding hydrogens is 494 g/mol. The van der Waals surface area contributed by atoms with Crippen LogP contribution < -0.4 is 10.4 Å². The van der Waals surface area contributed by atoms with Crippen LogP contribution in [0.25, 0.3) is 11.0 Å². The maximum absolute atomic E-state index is 8.76. The van der Waals surface area contributed by atoms with Crippen molar-refractivity contribution in [1.82, 2.24) is 9.13 Å². The molecule has 0 unspecified atom stereocenters. The monoisotopic (exact) mass is 515 g/mol. The molecule has 4 aromatic rings. The number of aryl methyl sites for hydroxylation is 1. The van der Waals surface area contributed by atoms with Crippen LogP contribution in [0.15, 0.2) is 77.3 Å². The van der Waals surface area contributed by atoms with Crippen LogP contribution in [0.2, 0.25) is 0 Å². The molecule has 0 saturated heterocycles. The van der Waals surface area contributed by atoms with E-state index in [0.29, 0.717) is 25.3 Å². The summed E-state index contributed by atoms with van der Waals surface area (Å²) in [5.74, 6) is 0.856. The van der Waals surface area contributed by atoms with Crippen LogP contribution in [0.5, 0.6) is 5.75 Å². The fourth-order valence-electron chi connectivity index (χ4n) is 3.37. The number of nitrogens with one attached hydrogen (secondary N) is 1. The minimum atomic E-state index is 0. The van der Waals surface area contributed by atoms with Crippen LogP contribution in [-0.4, -0.2) is 15.7 Å². The van der Waals surface area contributed by atoms with Gasteiger partial charge in [0.2, 0.25) is 5.62 Å². The third kappa shape index (κ3) is 4.65. The second-order valence-corrected chi connectivity index (χ2v) is 7.66. The number of fused-ring (bicyclic) bond motifs is 1. The Labute approximate surface area is 189 Å². The number of nitrogens with zero attached hydrogens (tertiary/aromatic N) is 2. The van der Waals surface area contributed by atoms with Gasteiger partial charge in [-0.2, -0.15) is 0 Å². The van der Waals surface area contributed by atoms with E-state index in [0.717, 1.165) is 26.8 Å². The number of hydrogen-bond acceptors (Lipinski definition) is 2. The molecule has 0 aliphatic carbocycles. The van der Waals surface area contributed by atoms with E-state index in [2.05, 4.69) is 41.1 Å². The highest BCUT2D eigenvalue weighted by atomic mass is 79.9. The normalized spacial score (nSPS) is 10.7. The Hall–Kier alpha value is -2.31. The number of rotatable bonds is 6. The van der Waals surface area contributed by atoms with Gasteiger partial charge in [0.05, 0.1) is 24.1 Å². The average molecular weight is 517 g/mol. The summed E-state index contributed by atoms with van der Waals surface area (Å²) in [6, 6.07) is 24.4. The zero-order valence-corrected chi connectivity index (χ0v) is 19.4. The van der Waals surface area contributed by atoms with Crippen molar-refractivity contribution in [3.05, 3.63) is 94.0 Å². The van der Waals surface area contributed by atoms with Crippen molar-refractivity contribution in [2.75, 3.05) is 6.61 Å². The van der Waals surface area contributed by atoms with Crippen molar-refractivity contribution in [2.45, 2.75) is 20.0 Å². The predicted octanol–water partition coefficient (Wildman–Crippen LogP) is 5.70. The van der Waals surface area contributed by atoms with Crippen LogP contribution in [0.1, 0.15) is 11.1 Å². The lowest BCUT2D eigenvalue weighted by Gasteiger charge is -2.08. The van der Waals surface area contributed by atoms with Gasteiger partial charge in [-0.3, -0.25) is 5.41 Å². The van der Waals surface area contributed by atoms with Crippen molar-refractivity contribution < 1.29 is 4.74 Å². The maximum atomic E-state index is 8.76. The number of halogens is 2. The third-order valence-electron chi connectivity index (χ3n) is 4.87. The van der Waals surface area contributed by atoms with Gasteiger partial charge in [-0.05, 0) is 42.8 Å². The number of ether oxygens (including phenoxy) is 1. The Bertz CT molecular complexity index is 1160. The first kappa shape index (κ1) is 21.4. The van der Waals surface area contributed by atoms with E-state index in [1.807, 2.05) is 63.7 Å². The van der Waals surface area contributed by atoms with Crippen molar-refractivity contribution in [3.8, 4) is 5.75 Å². The molecule has 1 heterocycles. The Morgan fingerprint density at radius 2 is 1.48 bits per heavy atom. The molecule has 0 aliphatic heterocycles. The van der Waals surface area contributed by atoms with Gasteiger partial charge in [0.15, 0.2) is 0 Å². The molecule has 0 radical (unpaired) electrons. The summed E-state index contributed by atoms with van der Waals surface area (Å²) in [5.41, 5.74) is 4.94. The van der Waals surface area contributed by atoms with E-state index in [9.17, 15) is 0 Å². The van der Waals surface area contributed by atoms with Gasteiger partial charge < -0.3 is 13.9 Å². The second kappa shape index (κ2) is 9.46. The van der Waals surface area contributed by atoms with E-state index in [-0.39, 0.29) is 17.0 Å². The van der Waals surface area contributed by atoms with Gasteiger partial charge in [-0.25, -0.2) is 0 Å². The van der Waals surface area contributed by atoms with Crippen LogP contribution in [-0.2, 0) is 13.1 Å². The summed E-state index contributed by atoms with van der Waals surface area (Å²) >= 11 is 3.62. The van der Waals surface area contributed by atoms with E-state index in [1.54, 1.807) is 0 Å². The fourth-order valence-corrected chi connectivity index (χ4v) is 3.78. The first-order chi connectivity index (χ1) is 13.6. The molecule has 4 rings (SSSR count). The molecule has 0 bridgehead atoms. The fraction of sp³-hybridized carbons (Fsp3) is 0.174. The molecule has 1 aromatic heterocycles. The van der Waals surface area contributed by atoms with Gasteiger partial charge in [-0.1, -0.05) is 64.0 Å². The minimum Gasteiger partial charge on any atom is -0.492 e. The van der Waals surface area contributed by atoms with Gasteiger partial charge >= 0.3 is 0 Å².